The molecule has 0 radical (unpaired) electrons. The van der Waals surface area contributed by atoms with Crippen molar-refractivity contribution in [2.24, 2.45) is 5.73 Å². The predicted octanol–water partition coefficient (Wildman–Crippen LogP) is -2.91. The Labute approximate surface area is 74.1 Å². The van der Waals surface area contributed by atoms with Crippen LogP contribution in [0.1, 0.15) is 0 Å². The van der Waals surface area contributed by atoms with Crippen LogP contribution in [0.15, 0.2) is 0 Å². The maximum Gasteiger partial charge on any atom is 0.314 e. The van der Waals surface area contributed by atoms with Gasteiger partial charge in [0, 0.05) is 0 Å². The molecule has 1 aliphatic heterocycles. The van der Waals surface area contributed by atoms with E-state index in [-0.39, 0.29) is 6.61 Å². The van der Waals surface area contributed by atoms with Crippen LogP contribution in [-0.4, -0.2) is 52.5 Å². The number of ether oxygens (including phenoxy) is 1. The molecule has 1 fully saturated rings. The van der Waals surface area contributed by atoms with Crippen molar-refractivity contribution in [1.82, 2.24) is 5.32 Å². The van der Waals surface area contributed by atoms with Crippen LogP contribution < -0.4 is 11.1 Å². The second-order valence-corrected chi connectivity index (χ2v) is 2.81. The highest BCUT2D eigenvalue weighted by Gasteiger charge is 2.37. The lowest BCUT2D eigenvalue weighted by Crippen LogP contribution is -2.59. The van der Waals surface area contributed by atoms with Gasteiger partial charge in [-0.15, -0.1) is 0 Å². The molecular weight excluding hydrogens is 180 g/mol. The summed E-state index contributed by atoms with van der Waals surface area (Å²) in [5, 5.41) is 29.5. The molecule has 0 spiro atoms. The monoisotopic (exact) mass is 192 g/mol. The first-order valence-corrected chi connectivity index (χ1v) is 3.74. The molecule has 0 aromatic carbocycles. The van der Waals surface area contributed by atoms with Gasteiger partial charge in [-0.1, -0.05) is 0 Å². The largest absolute Gasteiger partial charge is 0.388 e. The quantitative estimate of drug-likeness (QED) is 0.304. The minimum Gasteiger partial charge on any atom is -0.388 e. The first-order chi connectivity index (χ1) is 6.02. The van der Waals surface area contributed by atoms with Crippen LogP contribution in [-0.2, 0) is 4.74 Å². The minimum atomic E-state index is -1.38. The van der Waals surface area contributed by atoms with Crippen molar-refractivity contribution >= 4 is 6.03 Å². The second-order valence-electron chi connectivity index (χ2n) is 2.81. The highest BCUT2D eigenvalue weighted by molar-refractivity contribution is 5.71. The van der Waals surface area contributed by atoms with Crippen LogP contribution in [0.2, 0.25) is 0 Å². The molecule has 1 rings (SSSR count). The zero-order chi connectivity index (χ0) is 10.0. The smallest absolute Gasteiger partial charge is 0.314 e. The standard InChI is InChI=1S/C6H12N2O5/c7-6(12)8-5-4(11)3(10)2(9)1-13-5/h2-5,9-11H,1H2,(H3,7,8,12)/t2-,3+,4-,5+/m1/s1. The predicted molar refractivity (Wildman–Crippen MR) is 40.5 cm³/mol. The number of rotatable bonds is 1. The van der Waals surface area contributed by atoms with E-state index in [4.69, 9.17) is 20.7 Å². The summed E-state index contributed by atoms with van der Waals surface area (Å²) in [6.07, 6.45) is -4.95. The molecule has 0 aliphatic carbocycles. The number of aliphatic hydroxyl groups excluding tert-OH is 3. The SMILES string of the molecule is NC(=O)N[C@H]1OC[C@@H](O)[C@H](O)[C@H]1O. The molecule has 76 valence electrons. The van der Waals surface area contributed by atoms with E-state index in [9.17, 15) is 9.90 Å². The van der Waals surface area contributed by atoms with Gasteiger partial charge in [0.1, 0.15) is 18.3 Å². The van der Waals surface area contributed by atoms with Crippen molar-refractivity contribution in [2.45, 2.75) is 24.5 Å². The third kappa shape index (κ3) is 2.28. The molecule has 7 heteroatoms. The van der Waals surface area contributed by atoms with Gasteiger partial charge in [0.2, 0.25) is 0 Å². The van der Waals surface area contributed by atoms with Crippen LogP contribution in [0.25, 0.3) is 0 Å². The minimum absolute atomic E-state index is 0.164. The summed E-state index contributed by atoms with van der Waals surface area (Å²) in [4.78, 5) is 10.4. The van der Waals surface area contributed by atoms with E-state index in [1.165, 1.54) is 0 Å². The Kier molecular flexibility index (Phi) is 3.04. The number of carbonyl (C=O) groups is 1. The molecule has 0 unspecified atom stereocenters. The molecule has 1 aliphatic rings. The first-order valence-electron chi connectivity index (χ1n) is 3.74. The van der Waals surface area contributed by atoms with Crippen molar-refractivity contribution in [3.63, 3.8) is 0 Å². The van der Waals surface area contributed by atoms with Crippen LogP contribution in [0, 0.1) is 0 Å². The molecule has 0 saturated carbocycles. The fourth-order valence-electron chi connectivity index (χ4n) is 1.07. The van der Waals surface area contributed by atoms with Crippen molar-refractivity contribution in [2.75, 3.05) is 6.61 Å². The summed E-state index contributed by atoms with van der Waals surface area (Å²) in [5.74, 6) is 0. The fraction of sp³-hybridized carbons (Fsp3) is 0.833. The second kappa shape index (κ2) is 3.88. The molecule has 0 aromatic rings. The van der Waals surface area contributed by atoms with Crippen LogP contribution >= 0.6 is 0 Å². The van der Waals surface area contributed by atoms with Gasteiger partial charge >= 0.3 is 6.03 Å². The first kappa shape index (κ1) is 10.2. The van der Waals surface area contributed by atoms with E-state index in [1.54, 1.807) is 0 Å². The molecule has 7 nitrogen and oxygen atoms in total. The van der Waals surface area contributed by atoms with Gasteiger partial charge in [-0.05, 0) is 0 Å². The lowest BCUT2D eigenvalue weighted by atomic mass is 10.0. The zero-order valence-corrected chi connectivity index (χ0v) is 6.75. The van der Waals surface area contributed by atoms with Gasteiger partial charge in [-0.3, -0.25) is 0 Å². The van der Waals surface area contributed by atoms with Gasteiger partial charge in [0.05, 0.1) is 6.61 Å². The van der Waals surface area contributed by atoms with E-state index < -0.39 is 30.6 Å². The van der Waals surface area contributed by atoms with E-state index in [0.29, 0.717) is 0 Å². The number of aliphatic hydroxyl groups is 3. The van der Waals surface area contributed by atoms with Crippen molar-refractivity contribution in [3.05, 3.63) is 0 Å². The van der Waals surface area contributed by atoms with Gasteiger partial charge < -0.3 is 31.1 Å². The number of nitrogens with one attached hydrogen (secondary N) is 1. The Morgan fingerprint density at radius 1 is 1.38 bits per heavy atom. The van der Waals surface area contributed by atoms with Gasteiger partial charge in [0.15, 0.2) is 6.23 Å². The van der Waals surface area contributed by atoms with E-state index in [2.05, 4.69) is 5.32 Å². The highest BCUT2D eigenvalue weighted by atomic mass is 16.5. The molecule has 4 atom stereocenters. The van der Waals surface area contributed by atoms with Crippen LogP contribution in [0.3, 0.4) is 0 Å². The fourth-order valence-corrected chi connectivity index (χ4v) is 1.07. The number of hydrogen-bond acceptors (Lipinski definition) is 5. The topological polar surface area (TPSA) is 125 Å². The zero-order valence-electron chi connectivity index (χ0n) is 6.75. The van der Waals surface area contributed by atoms with Gasteiger partial charge in [0.25, 0.3) is 0 Å². The lowest BCUT2D eigenvalue weighted by molar-refractivity contribution is -0.191. The number of amides is 2. The van der Waals surface area contributed by atoms with E-state index >= 15 is 0 Å². The maximum absolute atomic E-state index is 10.4. The highest BCUT2D eigenvalue weighted by Crippen LogP contribution is 2.13. The third-order valence-corrected chi connectivity index (χ3v) is 1.79. The van der Waals surface area contributed by atoms with Crippen molar-refractivity contribution in [3.8, 4) is 0 Å². The number of nitrogens with two attached hydrogens (primary N) is 1. The molecule has 2 amide bonds. The molecular formula is C6H12N2O5. The Bertz CT molecular complexity index is 199. The molecule has 1 heterocycles. The Balaban J connectivity index is 2.53. The third-order valence-electron chi connectivity index (χ3n) is 1.79. The Morgan fingerprint density at radius 2 is 2.00 bits per heavy atom. The van der Waals surface area contributed by atoms with Gasteiger partial charge in [-0.25, -0.2) is 4.79 Å². The van der Waals surface area contributed by atoms with Crippen LogP contribution in [0.4, 0.5) is 4.79 Å². The Hall–Kier alpha value is -0.890. The molecule has 13 heavy (non-hydrogen) atoms. The van der Waals surface area contributed by atoms with Gasteiger partial charge in [-0.2, -0.15) is 0 Å². The number of carbonyl (C=O) groups excluding carboxylic acids is 1. The van der Waals surface area contributed by atoms with Crippen molar-refractivity contribution < 1.29 is 24.9 Å². The average molecular weight is 192 g/mol. The normalized spacial score (nSPS) is 39.9. The average Bonchev–Trinajstić information content (AvgIpc) is 2.06. The summed E-state index contributed by atoms with van der Waals surface area (Å²) in [6.45, 7) is -0.164. The lowest BCUT2D eigenvalue weighted by Gasteiger charge is -2.34. The maximum atomic E-state index is 10.4. The van der Waals surface area contributed by atoms with Crippen molar-refractivity contribution in [1.29, 1.82) is 0 Å². The summed E-state index contributed by atoms with van der Waals surface area (Å²) < 4.78 is 4.81. The summed E-state index contributed by atoms with van der Waals surface area (Å²) in [5.41, 5.74) is 4.78. The van der Waals surface area contributed by atoms with E-state index in [0.717, 1.165) is 0 Å². The summed E-state index contributed by atoms with van der Waals surface area (Å²) >= 11 is 0. The summed E-state index contributed by atoms with van der Waals surface area (Å²) in [6, 6.07) is -0.868. The molecule has 0 bridgehead atoms. The number of primary amides is 1. The Morgan fingerprint density at radius 3 is 2.54 bits per heavy atom. The molecule has 6 N–H and O–H groups in total. The molecule has 0 aromatic heterocycles. The van der Waals surface area contributed by atoms with E-state index in [1.807, 2.05) is 0 Å². The van der Waals surface area contributed by atoms with Crippen LogP contribution in [0.5, 0.6) is 0 Å². The number of urea groups is 1. The molecule has 1 saturated heterocycles. The summed E-state index contributed by atoms with van der Waals surface area (Å²) in [7, 11) is 0. The number of hydrogen-bond donors (Lipinski definition) is 5.